The molecule has 92 valence electrons. The van der Waals surface area contributed by atoms with Crippen LogP contribution < -0.4 is 0 Å². The molecule has 0 saturated heterocycles. The first-order chi connectivity index (χ1) is 6.67. The molecule has 0 aromatic rings. The molecule has 0 aromatic heterocycles. The number of ether oxygens (including phenoxy) is 1. The van der Waals surface area contributed by atoms with Crippen molar-refractivity contribution in [3.8, 4) is 0 Å². The number of rotatable bonds is 7. The van der Waals surface area contributed by atoms with Gasteiger partial charge in [0.1, 0.15) is 0 Å². The van der Waals surface area contributed by atoms with Crippen molar-refractivity contribution in [2.45, 2.75) is 5.25 Å². The van der Waals surface area contributed by atoms with Gasteiger partial charge in [-0.25, -0.2) is 0 Å². The highest BCUT2D eigenvalue weighted by molar-refractivity contribution is 7.86. The molecule has 0 spiro atoms. The van der Waals surface area contributed by atoms with Crippen LogP contribution in [0.5, 0.6) is 0 Å². The molecule has 0 saturated carbocycles. The Morgan fingerprint density at radius 2 is 1.87 bits per heavy atom. The van der Waals surface area contributed by atoms with E-state index in [2.05, 4.69) is 0 Å². The highest BCUT2D eigenvalue weighted by Crippen LogP contribution is 2.05. The van der Waals surface area contributed by atoms with Gasteiger partial charge in [0.05, 0.1) is 47.5 Å². The van der Waals surface area contributed by atoms with Crippen LogP contribution in [-0.2, 0) is 14.9 Å². The van der Waals surface area contributed by atoms with Gasteiger partial charge in [0.25, 0.3) is 10.1 Å². The Kier molecular flexibility index (Phi) is 5.68. The SMILES string of the molecule is C[N+](C)(C)CC(COCCO)S(=O)(=O)O. The molecule has 15 heavy (non-hydrogen) atoms. The highest BCUT2D eigenvalue weighted by atomic mass is 32.2. The molecule has 6 nitrogen and oxygen atoms in total. The van der Waals surface area contributed by atoms with Crippen LogP contribution in [0.15, 0.2) is 0 Å². The number of aliphatic hydroxyl groups is 1. The lowest BCUT2D eigenvalue weighted by Crippen LogP contribution is -2.46. The van der Waals surface area contributed by atoms with E-state index in [1.165, 1.54) is 0 Å². The van der Waals surface area contributed by atoms with E-state index in [0.717, 1.165) is 0 Å². The zero-order chi connectivity index (χ0) is 12.1. The van der Waals surface area contributed by atoms with Gasteiger partial charge in [-0.15, -0.1) is 0 Å². The first kappa shape index (κ1) is 14.8. The van der Waals surface area contributed by atoms with Crippen LogP contribution in [0.25, 0.3) is 0 Å². The van der Waals surface area contributed by atoms with Crippen molar-refractivity contribution in [2.24, 2.45) is 0 Å². The zero-order valence-electron chi connectivity index (χ0n) is 9.38. The molecule has 2 N–H and O–H groups in total. The van der Waals surface area contributed by atoms with Gasteiger partial charge in [-0.05, 0) is 0 Å². The largest absolute Gasteiger partial charge is 0.394 e. The maximum atomic E-state index is 11.0. The van der Waals surface area contributed by atoms with Crippen LogP contribution in [0.2, 0.25) is 0 Å². The molecule has 0 amide bonds. The van der Waals surface area contributed by atoms with E-state index in [1.807, 2.05) is 21.1 Å². The fraction of sp³-hybridized carbons (Fsp3) is 1.00. The van der Waals surface area contributed by atoms with Gasteiger partial charge in [-0.3, -0.25) is 4.55 Å². The van der Waals surface area contributed by atoms with Gasteiger partial charge in [-0.2, -0.15) is 8.42 Å². The molecule has 0 bridgehead atoms. The molecule has 7 heteroatoms. The molecule has 0 rings (SSSR count). The minimum atomic E-state index is -4.10. The van der Waals surface area contributed by atoms with Crippen molar-refractivity contribution >= 4 is 10.1 Å². The standard InChI is InChI=1S/C8H19NO5S/c1-9(2,3)6-8(15(11,12)13)7-14-5-4-10/h8,10H,4-7H2,1-3H3/p+1. The minimum Gasteiger partial charge on any atom is -0.394 e. The molecule has 0 aromatic carbocycles. The molecule has 1 atom stereocenters. The summed E-state index contributed by atoms with van der Waals surface area (Å²) in [5.41, 5.74) is 0. The second kappa shape index (κ2) is 5.76. The van der Waals surface area contributed by atoms with Crippen LogP contribution >= 0.6 is 0 Å². The molecule has 1 unspecified atom stereocenters. The third kappa shape index (κ3) is 7.69. The van der Waals surface area contributed by atoms with Crippen LogP contribution in [0.1, 0.15) is 0 Å². The lowest BCUT2D eigenvalue weighted by atomic mass is 10.4. The third-order valence-corrected chi connectivity index (χ3v) is 2.84. The number of hydrogen-bond donors (Lipinski definition) is 2. The highest BCUT2D eigenvalue weighted by Gasteiger charge is 2.29. The maximum Gasteiger partial charge on any atom is 0.275 e. The van der Waals surface area contributed by atoms with E-state index in [4.69, 9.17) is 14.4 Å². The summed E-state index contributed by atoms with van der Waals surface area (Å²) in [6, 6.07) is 0. The first-order valence-electron chi connectivity index (χ1n) is 4.62. The molecule has 0 aliphatic rings. The fourth-order valence-electron chi connectivity index (χ4n) is 1.12. The Hall–Kier alpha value is -0.210. The van der Waals surface area contributed by atoms with Crippen LogP contribution in [0, 0.1) is 0 Å². The summed E-state index contributed by atoms with van der Waals surface area (Å²) in [5.74, 6) is 0. The minimum absolute atomic E-state index is 0.0726. The van der Waals surface area contributed by atoms with Crippen LogP contribution in [0.3, 0.4) is 0 Å². The van der Waals surface area contributed by atoms with Gasteiger partial charge in [0.15, 0.2) is 5.25 Å². The van der Waals surface area contributed by atoms with Crippen molar-refractivity contribution in [1.29, 1.82) is 0 Å². The topological polar surface area (TPSA) is 83.8 Å². The Bertz CT molecular complexity index is 269. The third-order valence-electron chi connectivity index (χ3n) is 1.71. The van der Waals surface area contributed by atoms with Crippen molar-refractivity contribution in [3.05, 3.63) is 0 Å². The first-order valence-corrected chi connectivity index (χ1v) is 6.12. The van der Waals surface area contributed by atoms with Crippen molar-refractivity contribution in [3.63, 3.8) is 0 Å². The monoisotopic (exact) mass is 242 g/mol. The second-order valence-electron chi connectivity index (χ2n) is 4.41. The Labute approximate surface area is 90.8 Å². The lowest BCUT2D eigenvalue weighted by molar-refractivity contribution is -0.870. The second-order valence-corrected chi connectivity index (χ2v) is 6.11. The van der Waals surface area contributed by atoms with Crippen LogP contribution in [-0.4, -0.2) is 75.3 Å². The van der Waals surface area contributed by atoms with E-state index >= 15 is 0 Å². The molecule has 0 aliphatic carbocycles. The van der Waals surface area contributed by atoms with Gasteiger partial charge >= 0.3 is 0 Å². The number of aliphatic hydroxyl groups excluding tert-OH is 1. The van der Waals surface area contributed by atoms with Crippen molar-refractivity contribution in [1.82, 2.24) is 0 Å². The quantitative estimate of drug-likeness (QED) is 0.338. The van der Waals surface area contributed by atoms with E-state index in [0.29, 0.717) is 4.48 Å². The van der Waals surface area contributed by atoms with E-state index < -0.39 is 15.4 Å². The smallest absolute Gasteiger partial charge is 0.275 e. The van der Waals surface area contributed by atoms with E-state index in [-0.39, 0.29) is 26.4 Å². The lowest BCUT2D eigenvalue weighted by Gasteiger charge is -2.27. The Morgan fingerprint density at radius 1 is 1.33 bits per heavy atom. The normalized spacial score (nSPS) is 15.3. The van der Waals surface area contributed by atoms with Gasteiger partial charge < -0.3 is 14.3 Å². The predicted molar refractivity (Wildman–Crippen MR) is 56.1 cm³/mol. The summed E-state index contributed by atoms with van der Waals surface area (Å²) in [7, 11) is 1.37. The number of hydrogen-bond acceptors (Lipinski definition) is 4. The zero-order valence-corrected chi connectivity index (χ0v) is 10.2. The fourth-order valence-corrected chi connectivity index (χ4v) is 2.03. The van der Waals surface area contributed by atoms with E-state index in [9.17, 15) is 8.42 Å². The molecular formula is C8H20NO5S+. The predicted octanol–water partition coefficient (Wildman–Crippen LogP) is -1.04. The van der Waals surface area contributed by atoms with E-state index in [1.54, 1.807) is 0 Å². The summed E-state index contributed by atoms with van der Waals surface area (Å²) in [5, 5.41) is 7.52. The molecule has 0 radical (unpaired) electrons. The van der Waals surface area contributed by atoms with Gasteiger partial charge in [0.2, 0.25) is 0 Å². The van der Waals surface area contributed by atoms with Gasteiger partial charge in [-0.1, -0.05) is 0 Å². The van der Waals surface area contributed by atoms with Crippen molar-refractivity contribution in [2.75, 3.05) is 47.5 Å². The summed E-state index contributed by atoms with van der Waals surface area (Å²) in [4.78, 5) is 0. The molecule has 0 fully saturated rings. The summed E-state index contributed by atoms with van der Waals surface area (Å²) in [6.07, 6.45) is 0. The van der Waals surface area contributed by atoms with Crippen molar-refractivity contribution < 1.29 is 27.3 Å². The summed E-state index contributed by atoms with van der Waals surface area (Å²) >= 11 is 0. The summed E-state index contributed by atoms with van der Waals surface area (Å²) in [6.45, 7) is 0.0604. The van der Waals surface area contributed by atoms with Gasteiger partial charge in [0, 0.05) is 0 Å². The molecule has 0 heterocycles. The average Bonchev–Trinajstić information content (AvgIpc) is 1.99. The van der Waals surface area contributed by atoms with Crippen LogP contribution in [0.4, 0.5) is 0 Å². The molecular weight excluding hydrogens is 222 g/mol. The Balaban J connectivity index is 4.35. The summed E-state index contributed by atoms with van der Waals surface area (Å²) < 4.78 is 36.3. The average molecular weight is 242 g/mol. The molecule has 0 aliphatic heterocycles. The number of nitrogens with zero attached hydrogens (tertiary/aromatic N) is 1. The Morgan fingerprint density at radius 3 is 2.20 bits per heavy atom. The number of quaternary nitrogens is 1. The maximum absolute atomic E-state index is 11.0.